The van der Waals surface area contributed by atoms with Gasteiger partial charge in [0.15, 0.2) is 0 Å². The number of nitrogens with one attached hydrogen (secondary N) is 1. The first-order valence-electron chi connectivity index (χ1n) is 7.23. The summed E-state index contributed by atoms with van der Waals surface area (Å²) in [6.45, 7) is 2.86. The third-order valence-electron chi connectivity index (χ3n) is 4.22. The summed E-state index contributed by atoms with van der Waals surface area (Å²) in [5, 5.41) is 12.7. The molecule has 0 radical (unpaired) electrons. The third-order valence-corrected chi connectivity index (χ3v) is 4.22. The van der Waals surface area contributed by atoms with Gasteiger partial charge in [-0.3, -0.25) is 0 Å². The van der Waals surface area contributed by atoms with Gasteiger partial charge in [-0.05, 0) is 37.3 Å². The molecule has 0 unspecified atom stereocenters. The molecular weight excluding hydrogens is 238 g/mol. The molecule has 2 N–H and O–H groups in total. The van der Waals surface area contributed by atoms with Gasteiger partial charge in [-0.15, -0.1) is 0 Å². The molecule has 1 aromatic carbocycles. The Labute approximate surface area is 115 Å². The lowest BCUT2D eigenvalue weighted by atomic mass is 9.84. The molecule has 1 aliphatic rings. The Bertz CT molecular complexity index is 425. The van der Waals surface area contributed by atoms with Crippen molar-refractivity contribution in [2.45, 2.75) is 51.6 Å². The zero-order valence-electron chi connectivity index (χ0n) is 11.6. The van der Waals surface area contributed by atoms with Crippen LogP contribution in [0.25, 0.3) is 0 Å². The van der Waals surface area contributed by atoms with Crippen LogP contribution >= 0.6 is 0 Å². The van der Waals surface area contributed by atoms with Crippen LogP contribution in [0.4, 0.5) is 0 Å². The van der Waals surface area contributed by atoms with Crippen molar-refractivity contribution in [2.75, 3.05) is 0 Å². The van der Waals surface area contributed by atoms with Gasteiger partial charge < -0.3 is 10.4 Å². The summed E-state index contributed by atoms with van der Waals surface area (Å²) in [4.78, 5) is 11.1. The highest BCUT2D eigenvalue weighted by molar-refractivity contribution is 5.89. The van der Waals surface area contributed by atoms with Crippen molar-refractivity contribution in [2.24, 2.45) is 5.92 Å². The van der Waals surface area contributed by atoms with E-state index in [0.717, 1.165) is 11.5 Å². The quantitative estimate of drug-likeness (QED) is 0.853. The summed E-state index contributed by atoms with van der Waals surface area (Å²) in [6, 6.07) is 7.70. The standard InChI is InChI=1S/C16H23NO2/c1-12(13-7-3-2-4-8-13)17-11-14-9-5-6-10-15(14)16(18)19/h5-6,9-10,12-13,17H,2-4,7-8,11H2,1H3,(H,18,19)/t12-/m0/s1. The molecular formula is C16H23NO2. The van der Waals surface area contributed by atoms with Gasteiger partial charge in [0.25, 0.3) is 0 Å². The van der Waals surface area contributed by atoms with Gasteiger partial charge in [-0.25, -0.2) is 4.79 Å². The van der Waals surface area contributed by atoms with Gasteiger partial charge in [0.2, 0.25) is 0 Å². The molecule has 0 aromatic heterocycles. The molecule has 2 rings (SSSR count). The van der Waals surface area contributed by atoms with Gasteiger partial charge in [-0.1, -0.05) is 37.5 Å². The molecule has 19 heavy (non-hydrogen) atoms. The molecule has 3 nitrogen and oxygen atoms in total. The van der Waals surface area contributed by atoms with E-state index in [9.17, 15) is 4.79 Å². The highest BCUT2D eigenvalue weighted by Gasteiger charge is 2.20. The molecule has 1 aromatic rings. The van der Waals surface area contributed by atoms with E-state index in [-0.39, 0.29) is 0 Å². The van der Waals surface area contributed by atoms with E-state index in [4.69, 9.17) is 5.11 Å². The fourth-order valence-corrected chi connectivity index (χ4v) is 2.95. The van der Waals surface area contributed by atoms with Crippen molar-refractivity contribution >= 4 is 5.97 Å². The van der Waals surface area contributed by atoms with Gasteiger partial charge in [-0.2, -0.15) is 0 Å². The second kappa shape index (κ2) is 6.71. The molecule has 0 aliphatic heterocycles. The molecule has 0 amide bonds. The molecule has 0 heterocycles. The average Bonchev–Trinajstić information content (AvgIpc) is 2.46. The number of benzene rings is 1. The first-order valence-corrected chi connectivity index (χ1v) is 7.23. The maximum Gasteiger partial charge on any atom is 0.336 e. The van der Waals surface area contributed by atoms with Crippen LogP contribution in [-0.4, -0.2) is 17.1 Å². The van der Waals surface area contributed by atoms with Gasteiger partial charge >= 0.3 is 5.97 Å². The summed E-state index contributed by atoms with van der Waals surface area (Å²) in [5.41, 5.74) is 1.28. The lowest BCUT2D eigenvalue weighted by Gasteiger charge is -2.28. The smallest absolute Gasteiger partial charge is 0.336 e. The predicted molar refractivity (Wildman–Crippen MR) is 76.3 cm³/mol. The average molecular weight is 261 g/mol. The number of carbonyl (C=O) groups is 1. The Morgan fingerprint density at radius 1 is 1.32 bits per heavy atom. The van der Waals surface area contributed by atoms with E-state index in [1.165, 1.54) is 32.1 Å². The van der Waals surface area contributed by atoms with Crippen molar-refractivity contribution in [3.05, 3.63) is 35.4 Å². The number of hydrogen-bond acceptors (Lipinski definition) is 2. The lowest BCUT2D eigenvalue weighted by Crippen LogP contribution is -2.34. The van der Waals surface area contributed by atoms with Crippen LogP contribution in [0.3, 0.4) is 0 Å². The highest BCUT2D eigenvalue weighted by atomic mass is 16.4. The number of carboxylic acids is 1. The van der Waals surface area contributed by atoms with Crippen molar-refractivity contribution < 1.29 is 9.90 Å². The largest absolute Gasteiger partial charge is 0.478 e. The van der Waals surface area contributed by atoms with E-state index in [1.807, 2.05) is 12.1 Å². The van der Waals surface area contributed by atoms with Crippen LogP contribution in [0.15, 0.2) is 24.3 Å². The van der Waals surface area contributed by atoms with Crippen molar-refractivity contribution in [3.8, 4) is 0 Å². The Morgan fingerprint density at radius 2 is 2.00 bits per heavy atom. The second-order valence-electron chi connectivity index (χ2n) is 5.53. The van der Waals surface area contributed by atoms with Crippen molar-refractivity contribution in [1.82, 2.24) is 5.32 Å². The Kier molecular flexibility index (Phi) is 4.97. The molecule has 0 spiro atoms. The number of aromatic carboxylic acids is 1. The van der Waals surface area contributed by atoms with E-state index in [2.05, 4.69) is 12.2 Å². The van der Waals surface area contributed by atoms with Crippen LogP contribution in [0.2, 0.25) is 0 Å². The summed E-state index contributed by atoms with van der Waals surface area (Å²) < 4.78 is 0. The van der Waals surface area contributed by atoms with Crippen LogP contribution in [0.5, 0.6) is 0 Å². The summed E-state index contributed by atoms with van der Waals surface area (Å²) in [6.07, 6.45) is 6.64. The van der Waals surface area contributed by atoms with Crippen LogP contribution in [-0.2, 0) is 6.54 Å². The number of rotatable bonds is 5. The molecule has 1 atom stereocenters. The molecule has 0 bridgehead atoms. The second-order valence-corrected chi connectivity index (χ2v) is 5.53. The first-order chi connectivity index (χ1) is 9.18. The maximum absolute atomic E-state index is 11.1. The highest BCUT2D eigenvalue weighted by Crippen LogP contribution is 2.26. The van der Waals surface area contributed by atoms with Crippen LogP contribution in [0, 0.1) is 5.92 Å². The maximum atomic E-state index is 11.1. The fraction of sp³-hybridized carbons (Fsp3) is 0.562. The van der Waals surface area contributed by atoms with Crippen molar-refractivity contribution in [1.29, 1.82) is 0 Å². The van der Waals surface area contributed by atoms with Gasteiger partial charge in [0.1, 0.15) is 0 Å². The third kappa shape index (κ3) is 3.80. The zero-order valence-corrected chi connectivity index (χ0v) is 11.6. The Hall–Kier alpha value is -1.35. The van der Waals surface area contributed by atoms with Gasteiger partial charge in [0.05, 0.1) is 5.56 Å². The predicted octanol–water partition coefficient (Wildman–Crippen LogP) is 3.44. The summed E-state index contributed by atoms with van der Waals surface area (Å²) in [7, 11) is 0. The molecule has 0 saturated heterocycles. The first kappa shape index (κ1) is 14.1. The SMILES string of the molecule is C[C@H](NCc1ccccc1C(=O)O)C1CCCCC1. The minimum atomic E-state index is -0.845. The molecule has 1 aliphatic carbocycles. The topological polar surface area (TPSA) is 49.3 Å². The Balaban J connectivity index is 1.92. The van der Waals surface area contributed by atoms with Crippen LogP contribution in [0.1, 0.15) is 54.9 Å². The van der Waals surface area contributed by atoms with E-state index in [0.29, 0.717) is 18.2 Å². The number of carboxylic acid groups (broad SMARTS) is 1. The minimum absolute atomic E-state index is 0.408. The monoisotopic (exact) mass is 261 g/mol. The molecule has 1 fully saturated rings. The summed E-state index contributed by atoms with van der Waals surface area (Å²) in [5.74, 6) is -0.103. The normalized spacial score (nSPS) is 18.2. The Morgan fingerprint density at radius 3 is 2.68 bits per heavy atom. The van der Waals surface area contributed by atoms with E-state index in [1.54, 1.807) is 12.1 Å². The van der Waals surface area contributed by atoms with E-state index >= 15 is 0 Å². The molecule has 3 heteroatoms. The van der Waals surface area contributed by atoms with Crippen molar-refractivity contribution in [3.63, 3.8) is 0 Å². The zero-order chi connectivity index (χ0) is 13.7. The summed E-state index contributed by atoms with van der Waals surface area (Å²) >= 11 is 0. The van der Waals surface area contributed by atoms with E-state index < -0.39 is 5.97 Å². The number of hydrogen-bond donors (Lipinski definition) is 2. The molecule has 1 saturated carbocycles. The van der Waals surface area contributed by atoms with Crippen LogP contribution < -0.4 is 5.32 Å². The lowest BCUT2D eigenvalue weighted by molar-refractivity contribution is 0.0695. The molecule has 104 valence electrons. The minimum Gasteiger partial charge on any atom is -0.478 e. The van der Waals surface area contributed by atoms with Gasteiger partial charge in [0, 0.05) is 12.6 Å². The fourth-order valence-electron chi connectivity index (χ4n) is 2.95.